The monoisotopic (exact) mass is 512 g/mol. The first-order valence-electron chi connectivity index (χ1n) is 10.3. The molecular weight excluding hydrogens is 492 g/mol. The van der Waals surface area contributed by atoms with E-state index >= 15 is 0 Å². The summed E-state index contributed by atoms with van der Waals surface area (Å²) in [4.78, 5) is 29.3. The maximum absolute atomic E-state index is 12.4. The predicted octanol–water partition coefficient (Wildman–Crippen LogP) is 4.81. The van der Waals surface area contributed by atoms with Crippen molar-refractivity contribution in [2.45, 2.75) is 18.1 Å². The van der Waals surface area contributed by atoms with E-state index in [4.69, 9.17) is 11.6 Å². The average molecular weight is 513 g/mol. The van der Waals surface area contributed by atoms with Gasteiger partial charge in [0, 0.05) is 28.6 Å². The van der Waals surface area contributed by atoms with Gasteiger partial charge in [0.2, 0.25) is 5.91 Å². The number of carbonyl (C=O) groups is 2. The lowest BCUT2D eigenvalue weighted by atomic mass is 10.2. The van der Waals surface area contributed by atoms with E-state index in [-0.39, 0.29) is 23.6 Å². The van der Waals surface area contributed by atoms with Gasteiger partial charge < -0.3 is 15.2 Å². The third-order valence-corrected chi connectivity index (χ3v) is 6.89. The van der Waals surface area contributed by atoms with Crippen molar-refractivity contribution in [1.29, 1.82) is 0 Å². The van der Waals surface area contributed by atoms with Gasteiger partial charge in [-0.15, -0.1) is 21.5 Å². The van der Waals surface area contributed by atoms with E-state index in [1.165, 1.54) is 23.1 Å². The first kappa shape index (κ1) is 23.9. The summed E-state index contributed by atoms with van der Waals surface area (Å²) in [5.41, 5.74) is 2.27. The molecule has 8 nitrogen and oxygen atoms in total. The molecule has 2 N–H and O–H groups in total. The van der Waals surface area contributed by atoms with Crippen LogP contribution in [0.1, 0.15) is 29.1 Å². The van der Waals surface area contributed by atoms with Gasteiger partial charge in [0.1, 0.15) is 0 Å². The fourth-order valence-electron chi connectivity index (χ4n) is 3.13. The number of aromatic nitrogens is 4. The molecule has 0 aliphatic carbocycles. The number of benzene rings is 2. The number of nitrogens with one attached hydrogen (secondary N) is 2. The summed E-state index contributed by atoms with van der Waals surface area (Å²) in [5, 5.41) is 17.7. The molecule has 0 fully saturated rings. The minimum atomic E-state index is -0.352. The van der Waals surface area contributed by atoms with Crippen molar-refractivity contribution in [3.05, 3.63) is 76.4 Å². The van der Waals surface area contributed by atoms with Crippen molar-refractivity contribution in [2.24, 2.45) is 7.05 Å². The topological polar surface area (TPSA) is 102 Å². The van der Waals surface area contributed by atoms with Gasteiger partial charge in [-0.25, -0.2) is 4.98 Å². The average Bonchev–Trinajstić information content (AvgIpc) is 3.45. The molecule has 0 radical (unpaired) electrons. The number of nitrogens with zero attached hydrogens (tertiary/aromatic N) is 4. The van der Waals surface area contributed by atoms with E-state index in [1.54, 1.807) is 35.9 Å². The van der Waals surface area contributed by atoms with E-state index < -0.39 is 0 Å². The third-order valence-electron chi connectivity index (χ3n) is 4.86. The summed E-state index contributed by atoms with van der Waals surface area (Å²) in [7, 11) is 1.81. The van der Waals surface area contributed by atoms with E-state index in [0.717, 1.165) is 11.3 Å². The Kier molecular flexibility index (Phi) is 7.61. The number of thioether (sulfide) groups is 1. The molecule has 0 bridgehead atoms. The van der Waals surface area contributed by atoms with Crippen molar-refractivity contribution >= 4 is 51.6 Å². The van der Waals surface area contributed by atoms with Crippen LogP contribution >= 0.6 is 34.7 Å². The van der Waals surface area contributed by atoms with Crippen LogP contribution in [0.4, 0.5) is 5.13 Å². The van der Waals surface area contributed by atoms with Crippen LogP contribution in [0.5, 0.6) is 0 Å². The molecule has 0 unspecified atom stereocenters. The van der Waals surface area contributed by atoms with Gasteiger partial charge in [0.15, 0.2) is 16.1 Å². The Bertz CT molecular complexity index is 1290. The van der Waals surface area contributed by atoms with E-state index in [9.17, 15) is 9.59 Å². The second-order valence-corrected chi connectivity index (χ2v) is 9.58. The highest BCUT2D eigenvalue weighted by atomic mass is 35.5. The van der Waals surface area contributed by atoms with Crippen molar-refractivity contribution in [1.82, 2.24) is 25.1 Å². The van der Waals surface area contributed by atoms with Gasteiger partial charge in [-0.2, -0.15) is 0 Å². The Morgan fingerprint density at radius 3 is 2.59 bits per heavy atom. The summed E-state index contributed by atoms with van der Waals surface area (Å²) >= 11 is 8.54. The van der Waals surface area contributed by atoms with Crippen LogP contribution in [0.25, 0.3) is 11.3 Å². The standard InChI is InChI=1S/C23H21ClN6O2S2/c1-14(25-21(32)16-6-4-3-5-7-16)20-28-29-23(30(20)2)34-13-19(31)27-22-26-18(12-33-22)15-8-10-17(24)11-9-15/h3-12,14H,13H2,1-2H3,(H,25,32)(H,26,27,31)/t14-/m1/s1. The van der Waals surface area contributed by atoms with E-state index in [0.29, 0.717) is 26.7 Å². The van der Waals surface area contributed by atoms with Crippen molar-refractivity contribution in [2.75, 3.05) is 11.1 Å². The number of thiazole rings is 1. The van der Waals surface area contributed by atoms with E-state index in [1.807, 2.05) is 42.6 Å². The minimum absolute atomic E-state index is 0.145. The van der Waals surface area contributed by atoms with Crippen LogP contribution in [0.2, 0.25) is 5.02 Å². The largest absolute Gasteiger partial charge is 0.342 e. The summed E-state index contributed by atoms with van der Waals surface area (Å²) in [6.45, 7) is 1.84. The fourth-order valence-corrected chi connectivity index (χ4v) is 4.71. The molecule has 2 aromatic heterocycles. The zero-order valence-electron chi connectivity index (χ0n) is 18.4. The molecule has 174 valence electrons. The molecule has 2 aromatic carbocycles. The Morgan fingerprint density at radius 1 is 1.12 bits per heavy atom. The maximum Gasteiger partial charge on any atom is 0.251 e. The molecule has 34 heavy (non-hydrogen) atoms. The molecule has 2 amide bonds. The molecule has 0 aliphatic rings. The molecule has 0 aliphatic heterocycles. The van der Waals surface area contributed by atoms with Gasteiger partial charge in [-0.1, -0.05) is 53.7 Å². The minimum Gasteiger partial charge on any atom is -0.342 e. The number of hydrogen-bond donors (Lipinski definition) is 2. The highest BCUT2D eigenvalue weighted by Crippen LogP contribution is 2.26. The zero-order valence-corrected chi connectivity index (χ0v) is 20.7. The first-order chi connectivity index (χ1) is 16.4. The number of carbonyl (C=O) groups excluding carboxylic acids is 2. The number of rotatable bonds is 8. The van der Waals surface area contributed by atoms with Crippen LogP contribution in [0.15, 0.2) is 65.1 Å². The summed E-state index contributed by atoms with van der Waals surface area (Å²) in [6.07, 6.45) is 0. The van der Waals surface area contributed by atoms with Crippen LogP contribution in [-0.2, 0) is 11.8 Å². The summed E-state index contributed by atoms with van der Waals surface area (Å²) < 4.78 is 1.77. The van der Waals surface area contributed by atoms with Crippen LogP contribution < -0.4 is 10.6 Å². The Balaban J connectivity index is 1.31. The molecule has 1 atom stereocenters. The lowest BCUT2D eigenvalue weighted by Crippen LogP contribution is -2.28. The number of hydrogen-bond acceptors (Lipinski definition) is 7. The molecule has 0 saturated heterocycles. The number of amides is 2. The first-order valence-corrected chi connectivity index (χ1v) is 12.5. The second kappa shape index (κ2) is 10.8. The molecule has 11 heteroatoms. The number of halogens is 1. The van der Waals surface area contributed by atoms with Gasteiger partial charge in [-0.3, -0.25) is 9.59 Å². The second-order valence-electron chi connectivity index (χ2n) is 7.34. The Labute approximate surface area is 209 Å². The third kappa shape index (κ3) is 5.82. The lowest BCUT2D eigenvalue weighted by Gasteiger charge is -2.13. The lowest BCUT2D eigenvalue weighted by molar-refractivity contribution is -0.113. The van der Waals surface area contributed by atoms with Crippen LogP contribution in [-0.4, -0.2) is 37.3 Å². The molecular formula is C23H21ClN6O2S2. The van der Waals surface area contributed by atoms with Crippen LogP contribution in [0.3, 0.4) is 0 Å². The molecule has 4 rings (SSSR count). The fraction of sp³-hybridized carbons (Fsp3) is 0.174. The van der Waals surface area contributed by atoms with E-state index in [2.05, 4.69) is 25.8 Å². The zero-order chi connectivity index (χ0) is 24.1. The van der Waals surface area contributed by atoms with Crippen molar-refractivity contribution in [3.63, 3.8) is 0 Å². The van der Waals surface area contributed by atoms with Crippen LogP contribution in [0, 0.1) is 0 Å². The van der Waals surface area contributed by atoms with Gasteiger partial charge in [-0.05, 0) is 31.2 Å². The SMILES string of the molecule is C[C@@H](NC(=O)c1ccccc1)c1nnc(SCC(=O)Nc2nc(-c3ccc(Cl)cc3)cs2)n1C. The quantitative estimate of drug-likeness (QED) is 0.328. The highest BCUT2D eigenvalue weighted by Gasteiger charge is 2.19. The molecule has 0 spiro atoms. The molecule has 0 saturated carbocycles. The number of anilines is 1. The predicted molar refractivity (Wildman–Crippen MR) is 135 cm³/mol. The summed E-state index contributed by atoms with van der Waals surface area (Å²) in [6, 6.07) is 16.0. The van der Waals surface area contributed by atoms with Gasteiger partial charge in [0.25, 0.3) is 5.91 Å². The summed E-state index contributed by atoms with van der Waals surface area (Å²) in [5.74, 6) is 0.356. The smallest absolute Gasteiger partial charge is 0.251 e. The van der Waals surface area contributed by atoms with Crippen molar-refractivity contribution < 1.29 is 9.59 Å². The normalized spacial score (nSPS) is 11.7. The Hall–Kier alpha value is -3.21. The highest BCUT2D eigenvalue weighted by molar-refractivity contribution is 7.99. The molecule has 2 heterocycles. The molecule has 4 aromatic rings. The van der Waals surface area contributed by atoms with Gasteiger partial charge >= 0.3 is 0 Å². The van der Waals surface area contributed by atoms with Crippen molar-refractivity contribution in [3.8, 4) is 11.3 Å². The Morgan fingerprint density at radius 2 is 1.85 bits per heavy atom. The maximum atomic E-state index is 12.4. The van der Waals surface area contributed by atoms with Gasteiger partial charge in [0.05, 0.1) is 17.5 Å².